The largest absolute Gasteiger partial charge is 0.422 e. The van der Waals surface area contributed by atoms with Crippen molar-refractivity contribution in [1.82, 2.24) is 10.9 Å². The molecule has 2 aromatic carbocycles. The molecule has 3 aromatic rings. The van der Waals surface area contributed by atoms with Crippen LogP contribution in [0, 0.1) is 0 Å². The van der Waals surface area contributed by atoms with E-state index >= 15 is 0 Å². The Balaban J connectivity index is 1.75. The molecule has 2 N–H and O–H groups in total. The van der Waals surface area contributed by atoms with Crippen molar-refractivity contribution in [1.29, 1.82) is 0 Å². The summed E-state index contributed by atoms with van der Waals surface area (Å²) in [5.74, 6) is -1.25. The van der Waals surface area contributed by atoms with Crippen LogP contribution in [0.3, 0.4) is 0 Å². The highest BCUT2D eigenvalue weighted by Crippen LogP contribution is 2.12. The lowest BCUT2D eigenvalue weighted by molar-refractivity contribution is 0.0844. The van der Waals surface area contributed by atoms with E-state index in [1.807, 2.05) is 0 Å². The topological polar surface area (TPSA) is 88.4 Å². The van der Waals surface area contributed by atoms with Crippen LogP contribution < -0.4 is 16.5 Å². The van der Waals surface area contributed by atoms with Gasteiger partial charge in [-0.25, -0.2) is 4.79 Å². The summed E-state index contributed by atoms with van der Waals surface area (Å²) in [5, 5.41) is 0.612. The molecular formula is C17H11BrN2O4. The molecule has 6 nitrogen and oxygen atoms in total. The highest BCUT2D eigenvalue weighted by molar-refractivity contribution is 9.10. The zero-order valence-corrected chi connectivity index (χ0v) is 13.8. The molecule has 0 aliphatic rings. The van der Waals surface area contributed by atoms with Crippen LogP contribution in [0.15, 0.2) is 68.3 Å². The van der Waals surface area contributed by atoms with Gasteiger partial charge in [0, 0.05) is 15.4 Å². The van der Waals surface area contributed by atoms with E-state index in [-0.39, 0.29) is 5.56 Å². The van der Waals surface area contributed by atoms with Gasteiger partial charge in [0.25, 0.3) is 11.8 Å². The van der Waals surface area contributed by atoms with Gasteiger partial charge in [0.15, 0.2) is 0 Å². The normalized spacial score (nSPS) is 10.4. The van der Waals surface area contributed by atoms with Gasteiger partial charge in [-0.3, -0.25) is 20.4 Å². The van der Waals surface area contributed by atoms with Crippen molar-refractivity contribution in [2.24, 2.45) is 0 Å². The average Bonchev–Trinajstić information content (AvgIpc) is 2.59. The van der Waals surface area contributed by atoms with Gasteiger partial charge in [-0.05, 0) is 36.4 Å². The van der Waals surface area contributed by atoms with E-state index in [4.69, 9.17) is 4.42 Å². The van der Waals surface area contributed by atoms with Gasteiger partial charge < -0.3 is 4.42 Å². The predicted molar refractivity (Wildman–Crippen MR) is 91.6 cm³/mol. The van der Waals surface area contributed by atoms with Gasteiger partial charge in [0.05, 0.1) is 0 Å². The molecule has 7 heteroatoms. The standard InChI is InChI=1S/C17H11BrN2O4/c18-12-7-5-10(6-8-12)15(21)19-20-16(22)13-9-11-3-1-2-4-14(11)24-17(13)23/h1-9H,(H,19,21)(H,20,22). The lowest BCUT2D eigenvalue weighted by atomic mass is 10.2. The second-order valence-electron chi connectivity index (χ2n) is 4.90. The molecule has 0 aliphatic heterocycles. The van der Waals surface area contributed by atoms with Gasteiger partial charge in [-0.1, -0.05) is 34.1 Å². The summed E-state index contributed by atoms with van der Waals surface area (Å²) < 4.78 is 5.91. The monoisotopic (exact) mass is 386 g/mol. The molecule has 0 aliphatic carbocycles. The second-order valence-corrected chi connectivity index (χ2v) is 5.82. The number of amides is 2. The molecule has 0 atom stereocenters. The molecule has 24 heavy (non-hydrogen) atoms. The van der Waals surface area contributed by atoms with Crippen LogP contribution in [-0.4, -0.2) is 11.8 Å². The Labute approximate surface area is 144 Å². The van der Waals surface area contributed by atoms with E-state index in [9.17, 15) is 14.4 Å². The third-order valence-electron chi connectivity index (χ3n) is 3.28. The highest BCUT2D eigenvalue weighted by Gasteiger charge is 2.14. The summed E-state index contributed by atoms with van der Waals surface area (Å²) in [4.78, 5) is 35.9. The van der Waals surface area contributed by atoms with Crippen molar-refractivity contribution in [3.05, 3.63) is 80.6 Å². The fraction of sp³-hybridized carbons (Fsp3) is 0. The van der Waals surface area contributed by atoms with Gasteiger partial charge in [0.1, 0.15) is 11.1 Å². The maximum absolute atomic E-state index is 12.1. The molecular weight excluding hydrogens is 376 g/mol. The number of nitrogens with one attached hydrogen (secondary N) is 2. The zero-order chi connectivity index (χ0) is 17.1. The van der Waals surface area contributed by atoms with Crippen molar-refractivity contribution >= 4 is 38.7 Å². The fourth-order valence-electron chi connectivity index (χ4n) is 2.07. The van der Waals surface area contributed by atoms with E-state index < -0.39 is 17.4 Å². The molecule has 0 unspecified atom stereocenters. The summed E-state index contributed by atoms with van der Waals surface area (Å²) in [6.07, 6.45) is 0. The SMILES string of the molecule is O=C(NNC(=O)c1cc2ccccc2oc1=O)c1ccc(Br)cc1. The molecule has 1 aromatic heterocycles. The number of carbonyl (C=O) groups is 2. The molecule has 0 radical (unpaired) electrons. The van der Waals surface area contributed by atoms with Crippen LogP contribution in [-0.2, 0) is 0 Å². The first-order valence-electron chi connectivity index (χ1n) is 6.94. The molecule has 3 rings (SSSR count). The summed E-state index contributed by atoms with van der Waals surface area (Å²) in [6.45, 7) is 0. The van der Waals surface area contributed by atoms with E-state index in [1.54, 1.807) is 48.5 Å². The van der Waals surface area contributed by atoms with Gasteiger partial charge in [0.2, 0.25) is 0 Å². The minimum absolute atomic E-state index is 0.190. The summed E-state index contributed by atoms with van der Waals surface area (Å²) in [7, 11) is 0. The lowest BCUT2D eigenvalue weighted by Gasteiger charge is -2.07. The number of rotatable bonds is 2. The van der Waals surface area contributed by atoms with Crippen LogP contribution in [0.4, 0.5) is 0 Å². The minimum atomic E-state index is -0.774. The van der Waals surface area contributed by atoms with Crippen LogP contribution >= 0.6 is 15.9 Å². The Kier molecular flexibility index (Phi) is 4.43. The summed E-state index contributed by atoms with van der Waals surface area (Å²) in [6, 6.07) is 14.9. The predicted octanol–water partition coefficient (Wildman–Crippen LogP) is 2.63. The first-order valence-corrected chi connectivity index (χ1v) is 7.73. The van der Waals surface area contributed by atoms with E-state index in [0.717, 1.165) is 4.47 Å². The number of hydrogen-bond donors (Lipinski definition) is 2. The van der Waals surface area contributed by atoms with Crippen molar-refractivity contribution < 1.29 is 14.0 Å². The van der Waals surface area contributed by atoms with E-state index in [1.165, 1.54) is 6.07 Å². The first-order chi connectivity index (χ1) is 11.5. The quantitative estimate of drug-likeness (QED) is 0.523. The number of hydrogen-bond acceptors (Lipinski definition) is 4. The lowest BCUT2D eigenvalue weighted by Crippen LogP contribution is -2.43. The van der Waals surface area contributed by atoms with Gasteiger partial charge in [-0.2, -0.15) is 0 Å². The molecule has 0 bridgehead atoms. The Hall–Kier alpha value is -2.93. The number of hydrazine groups is 1. The number of fused-ring (bicyclic) bond motifs is 1. The van der Waals surface area contributed by atoms with E-state index in [2.05, 4.69) is 26.8 Å². The Morgan fingerprint density at radius 2 is 1.58 bits per heavy atom. The Morgan fingerprint density at radius 3 is 2.33 bits per heavy atom. The summed E-state index contributed by atoms with van der Waals surface area (Å²) >= 11 is 3.27. The second kappa shape index (κ2) is 6.67. The van der Waals surface area contributed by atoms with Gasteiger partial charge >= 0.3 is 5.63 Å². The smallest absolute Gasteiger partial charge is 0.349 e. The average molecular weight is 387 g/mol. The molecule has 0 spiro atoms. The molecule has 0 fully saturated rings. The minimum Gasteiger partial charge on any atom is -0.422 e. The van der Waals surface area contributed by atoms with Crippen LogP contribution in [0.25, 0.3) is 11.0 Å². The molecule has 2 amide bonds. The highest BCUT2D eigenvalue weighted by atomic mass is 79.9. The van der Waals surface area contributed by atoms with Crippen molar-refractivity contribution in [3.8, 4) is 0 Å². The maximum atomic E-state index is 12.1. The zero-order valence-electron chi connectivity index (χ0n) is 12.2. The van der Waals surface area contributed by atoms with Crippen LogP contribution in [0.2, 0.25) is 0 Å². The van der Waals surface area contributed by atoms with Gasteiger partial charge in [-0.15, -0.1) is 0 Å². The number of halogens is 1. The first kappa shape index (κ1) is 15.9. The summed E-state index contributed by atoms with van der Waals surface area (Å²) in [5.41, 5.74) is 4.25. The maximum Gasteiger partial charge on any atom is 0.349 e. The van der Waals surface area contributed by atoms with Crippen molar-refractivity contribution in [2.45, 2.75) is 0 Å². The van der Waals surface area contributed by atoms with Crippen LogP contribution in [0.5, 0.6) is 0 Å². The fourth-order valence-corrected chi connectivity index (χ4v) is 2.34. The molecule has 1 heterocycles. The molecule has 120 valence electrons. The van der Waals surface area contributed by atoms with Crippen molar-refractivity contribution in [2.75, 3.05) is 0 Å². The third kappa shape index (κ3) is 3.36. The number of benzene rings is 2. The molecule has 0 saturated carbocycles. The number of para-hydroxylation sites is 1. The van der Waals surface area contributed by atoms with Crippen molar-refractivity contribution in [3.63, 3.8) is 0 Å². The van der Waals surface area contributed by atoms with E-state index in [0.29, 0.717) is 16.5 Å². The third-order valence-corrected chi connectivity index (χ3v) is 3.81. The molecule has 0 saturated heterocycles. The van der Waals surface area contributed by atoms with Crippen LogP contribution in [0.1, 0.15) is 20.7 Å². The number of carbonyl (C=O) groups excluding carboxylic acids is 2. The Bertz CT molecular complexity index is 980. The Morgan fingerprint density at radius 1 is 0.917 bits per heavy atom.